The van der Waals surface area contributed by atoms with Gasteiger partial charge in [-0.2, -0.15) is 0 Å². The Morgan fingerprint density at radius 1 is 1.36 bits per heavy atom. The molecule has 1 atom stereocenters. The fourth-order valence-corrected chi connectivity index (χ4v) is 3.09. The zero-order chi connectivity index (χ0) is 15.4. The van der Waals surface area contributed by atoms with E-state index in [1.807, 2.05) is 18.2 Å². The summed E-state index contributed by atoms with van der Waals surface area (Å²) in [6.45, 7) is 2.22. The highest BCUT2D eigenvalue weighted by molar-refractivity contribution is 5.85. The Bertz CT molecular complexity index is 559. The Morgan fingerprint density at radius 3 is 3.05 bits per heavy atom. The van der Waals surface area contributed by atoms with Gasteiger partial charge in [-0.25, -0.2) is 0 Å². The number of hydrogen-bond acceptors (Lipinski definition) is 3. The molecule has 0 spiro atoms. The van der Waals surface area contributed by atoms with E-state index in [2.05, 4.69) is 11.4 Å². The van der Waals surface area contributed by atoms with Gasteiger partial charge in [-0.1, -0.05) is 18.2 Å². The smallest absolute Gasteiger partial charge is 0.239 e. The molecule has 2 aliphatic rings. The van der Waals surface area contributed by atoms with Gasteiger partial charge in [0.1, 0.15) is 5.75 Å². The van der Waals surface area contributed by atoms with E-state index < -0.39 is 0 Å². The number of ether oxygens (including phenoxy) is 1. The quantitative estimate of drug-likeness (QED) is 0.914. The van der Waals surface area contributed by atoms with Crippen molar-refractivity contribution in [3.8, 4) is 5.75 Å². The lowest BCUT2D eigenvalue weighted by atomic mass is 9.97. The maximum atomic E-state index is 12.0. The highest BCUT2D eigenvalue weighted by atomic mass is 16.5. The van der Waals surface area contributed by atoms with Crippen molar-refractivity contribution in [1.29, 1.82) is 0 Å². The van der Waals surface area contributed by atoms with Crippen LogP contribution in [-0.4, -0.2) is 43.0 Å². The lowest BCUT2D eigenvalue weighted by Gasteiger charge is -2.18. The highest BCUT2D eigenvalue weighted by Gasteiger charge is 2.23. The lowest BCUT2D eigenvalue weighted by molar-refractivity contribution is -0.133. The first kappa shape index (κ1) is 14.9. The van der Waals surface area contributed by atoms with Gasteiger partial charge in [0.2, 0.25) is 11.8 Å². The van der Waals surface area contributed by atoms with Crippen LogP contribution in [0, 0.1) is 5.92 Å². The number of nitrogens with one attached hydrogen (secondary N) is 1. The van der Waals surface area contributed by atoms with Crippen molar-refractivity contribution in [3.63, 3.8) is 0 Å². The molecule has 2 aliphatic heterocycles. The summed E-state index contributed by atoms with van der Waals surface area (Å²) in [5, 5.41) is 2.97. The first-order valence-corrected chi connectivity index (χ1v) is 7.97. The second kappa shape index (κ2) is 6.81. The van der Waals surface area contributed by atoms with Gasteiger partial charge in [0.15, 0.2) is 0 Å². The van der Waals surface area contributed by atoms with Crippen molar-refractivity contribution in [2.75, 3.05) is 26.2 Å². The molecule has 0 radical (unpaired) electrons. The van der Waals surface area contributed by atoms with Gasteiger partial charge in [0, 0.05) is 19.5 Å². The van der Waals surface area contributed by atoms with Crippen LogP contribution in [0.3, 0.4) is 0 Å². The molecule has 0 unspecified atom stereocenters. The van der Waals surface area contributed by atoms with Crippen LogP contribution in [0.1, 0.15) is 24.8 Å². The summed E-state index contributed by atoms with van der Waals surface area (Å²) in [5.74, 6) is 1.36. The molecule has 5 nitrogen and oxygen atoms in total. The number of rotatable bonds is 4. The summed E-state index contributed by atoms with van der Waals surface area (Å²) in [5.41, 5.74) is 1.20. The number of para-hydroxylation sites is 1. The number of benzene rings is 1. The van der Waals surface area contributed by atoms with E-state index in [1.165, 1.54) is 5.56 Å². The van der Waals surface area contributed by atoms with E-state index in [-0.39, 0.29) is 18.4 Å². The van der Waals surface area contributed by atoms with Crippen molar-refractivity contribution in [2.24, 2.45) is 5.92 Å². The van der Waals surface area contributed by atoms with Gasteiger partial charge >= 0.3 is 0 Å². The Morgan fingerprint density at radius 2 is 2.23 bits per heavy atom. The van der Waals surface area contributed by atoms with Crippen LogP contribution in [-0.2, 0) is 16.0 Å². The normalized spacial score (nSPS) is 21.0. The molecule has 1 fully saturated rings. The number of amides is 2. The van der Waals surface area contributed by atoms with Gasteiger partial charge in [-0.05, 0) is 36.8 Å². The molecule has 1 aromatic rings. The molecule has 5 heteroatoms. The minimum Gasteiger partial charge on any atom is -0.493 e. The van der Waals surface area contributed by atoms with E-state index in [0.717, 1.165) is 25.0 Å². The predicted octanol–water partition coefficient (Wildman–Crippen LogP) is 1.37. The molecule has 118 valence electrons. The Hall–Kier alpha value is -2.04. The lowest BCUT2D eigenvalue weighted by Crippen LogP contribution is -2.39. The maximum Gasteiger partial charge on any atom is 0.239 e. The molecule has 0 bridgehead atoms. The van der Waals surface area contributed by atoms with Crippen molar-refractivity contribution in [3.05, 3.63) is 29.8 Å². The molecule has 2 heterocycles. The van der Waals surface area contributed by atoms with Gasteiger partial charge in [-0.15, -0.1) is 0 Å². The van der Waals surface area contributed by atoms with E-state index in [9.17, 15) is 9.59 Å². The second-order valence-corrected chi connectivity index (χ2v) is 6.04. The predicted molar refractivity (Wildman–Crippen MR) is 82.6 cm³/mol. The SMILES string of the molecule is O=C(CN1CCCC1=O)NC[C@@H]1CCOc2ccccc2C1. The average Bonchev–Trinajstić information content (AvgIpc) is 2.81. The summed E-state index contributed by atoms with van der Waals surface area (Å²) in [6.07, 6.45) is 3.28. The van der Waals surface area contributed by atoms with Crippen LogP contribution in [0.2, 0.25) is 0 Å². The Kier molecular flexibility index (Phi) is 4.61. The van der Waals surface area contributed by atoms with Crippen molar-refractivity contribution in [2.45, 2.75) is 25.7 Å². The molecule has 1 N–H and O–H groups in total. The van der Waals surface area contributed by atoms with E-state index in [1.54, 1.807) is 4.90 Å². The van der Waals surface area contributed by atoms with Gasteiger partial charge in [0.25, 0.3) is 0 Å². The van der Waals surface area contributed by atoms with Crippen LogP contribution in [0.25, 0.3) is 0 Å². The van der Waals surface area contributed by atoms with E-state index in [4.69, 9.17) is 4.74 Å². The number of hydrogen-bond donors (Lipinski definition) is 1. The van der Waals surface area contributed by atoms with Crippen molar-refractivity contribution >= 4 is 11.8 Å². The average molecular weight is 302 g/mol. The van der Waals surface area contributed by atoms with Gasteiger partial charge < -0.3 is 15.0 Å². The maximum absolute atomic E-state index is 12.0. The molecule has 0 aliphatic carbocycles. The molecular formula is C17H22N2O3. The molecule has 3 rings (SSSR count). The van der Waals surface area contributed by atoms with Crippen LogP contribution in [0.4, 0.5) is 0 Å². The summed E-state index contributed by atoms with van der Waals surface area (Å²) in [7, 11) is 0. The van der Waals surface area contributed by atoms with Crippen LogP contribution < -0.4 is 10.1 Å². The number of carbonyl (C=O) groups is 2. The Balaban J connectivity index is 1.49. The van der Waals surface area contributed by atoms with Crippen LogP contribution in [0.15, 0.2) is 24.3 Å². The molecule has 0 saturated carbocycles. The first-order chi connectivity index (χ1) is 10.7. The number of nitrogens with zero attached hydrogens (tertiary/aromatic N) is 1. The number of likely N-dealkylation sites (tertiary alicyclic amines) is 1. The molecular weight excluding hydrogens is 280 g/mol. The van der Waals surface area contributed by atoms with Crippen LogP contribution >= 0.6 is 0 Å². The van der Waals surface area contributed by atoms with Crippen molar-refractivity contribution < 1.29 is 14.3 Å². The van der Waals surface area contributed by atoms with Gasteiger partial charge in [0.05, 0.1) is 13.2 Å². The number of carbonyl (C=O) groups excluding carboxylic acids is 2. The molecule has 22 heavy (non-hydrogen) atoms. The third kappa shape index (κ3) is 3.59. The second-order valence-electron chi connectivity index (χ2n) is 6.04. The van der Waals surface area contributed by atoms with Gasteiger partial charge in [-0.3, -0.25) is 9.59 Å². The van der Waals surface area contributed by atoms with E-state index >= 15 is 0 Å². The summed E-state index contributed by atoms with van der Waals surface area (Å²) in [6, 6.07) is 8.07. The van der Waals surface area contributed by atoms with Crippen LogP contribution in [0.5, 0.6) is 5.75 Å². The molecule has 2 amide bonds. The third-order valence-electron chi connectivity index (χ3n) is 4.36. The summed E-state index contributed by atoms with van der Waals surface area (Å²) >= 11 is 0. The first-order valence-electron chi connectivity index (χ1n) is 7.97. The zero-order valence-electron chi connectivity index (χ0n) is 12.7. The highest BCUT2D eigenvalue weighted by Crippen LogP contribution is 2.26. The Labute approximate surface area is 130 Å². The van der Waals surface area contributed by atoms with Crippen molar-refractivity contribution in [1.82, 2.24) is 10.2 Å². The minimum absolute atomic E-state index is 0.0614. The minimum atomic E-state index is -0.0614. The number of fused-ring (bicyclic) bond motifs is 1. The standard InChI is InChI=1S/C17H22N2O3/c20-16(12-19-8-3-6-17(19)21)18-11-13-7-9-22-15-5-2-1-4-14(15)10-13/h1-2,4-5,13H,3,6-12H2,(H,18,20)/t13-/m1/s1. The van der Waals surface area contributed by atoms with E-state index in [0.29, 0.717) is 32.0 Å². The topological polar surface area (TPSA) is 58.6 Å². The molecule has 0 aromatic heterocycles. The fraction of sp³-hybridized carbons (Fsp3) is 0.529. The summed E-state index contributed by atoms with van der Waals surface area (Å²) in [4.78, 5) is 25.2. The zero-order valence-corrected chi connectivity index (χ0v) is 12.7. The largest absolute Gasteiger partial charge is 0.493 e. The molecule has 1 saturated heterocycles. The fourth-order valence-electron chi connectivity index (χ4n) is 3.09. The summed E-state index contributed by atoms with van der Waals surface area (Å²) < 4.78 is 5.74. The monoisotopic (exact) mass is 302 g/mol. The molecule has 1 aromatic carbocycles. The third-order valence-corrected chi connectivity index (χ3v) is 4.36.